The summed E-state index contributed by atoms with van der Waals surface area (Å²) in [5, 5.41) is 4.59. The van der Waals surface area contributed by atoms with Gasteiger partial charge >= 0.3 is 0 Å². The summed E-state index contributed by atoms with van der Waals surface area (Å²) >= 11 is 0. The number of rotatable bonds is 5. The lowest BCUT2D eigenvalue weighted by atomic mass is 9.78. The number of ether oxygens (including phenoxy) is 1. The third kappa shape index (κ3) is 3.72. The highest BCUT2D eigenvalue weighted by atomic mass is 16.5. The van der Waals surface area contributed by atoms with Gasteiger partial charge in [0.1, 0.15) is 18.2 Å². The lowest BCUT2D eigenvalue weighted by Crippen LogP contribution is -2.13. The molecule has 1 fully saturated rings. The van der Waals surface area contributed by atoms with Crippen LogP contribution in [0.1, 0.15) is 65.9 Å². The van der Waals surface area contributed by atoms with Gasteiger partial charge in [0.15, 0.2) is 0 Å². The Morgan fingerprint density at radius 2 is 1.80 bits per heavy atom. The van der Waals surface area contributed by atoms with Crippen LogP contribution in [0.25, 0.3) is 5.52 Å². The van der Waals surface area contributed by atoms with Crippen molar-refractivity contribution in [2.45, 2.75) is 58.0 Å². The summed E-state index contributed by atoms with van der Waals surface area (Å²) in [5.74, 6) is 3.14. The van der Waals surface area contributed by atoms with Gasteiger partial charge < -0.3 is 9.72 Å². The van der Waals surface area contributed by atoms with E-state index in [-0.39, 0.29) is 0 Å². The molecule has 30 heavy (non-hydrogen) atoms. The zero-order valence-corrected chi connectivity index (χ0v) is 17.6. The molecule has 5 heteroatoms. The molecular weight excluding hydrogens is 372 g/mol. The molecule has 3 aromatic heterocycles. The van der Waals surface area contributed by atoms with Crippen molar-refractivity contribution in [2.75, 3.05) is 0 Å². The standard InChI is InChI=1S/C25H28N4O/c1-17-18(2)28-25(27-17)21-10-8-20(9-11-21)23-15-26-29-13-12-22(14-24(23)29)30-16-19-6-4-3-5-7-19/h3-7,12-15,20-21H,8-11,16H2,1-2H3,(H,27,28). The van der Waals surface area contributed by atoms with Gasteiger partial charge in [0.25, 0.3) is 0 Å². The molecule has 154 valence electrons. The van der Waals surface area contributed by atoms with Crippen LogP contribution in [0.5, 0.6) is 5.75 Å². The van der Waals surface area contributed by atoms with E-state index >= 15 is 0 Å². The van der Waals surface area contributed by atoms with Crippen LogP contribution in [0.15, 0.2) is 54.9 Å². The summed E-state index contributed by atoms with van der Waals surface area (Å²) in [6.07, 6.45) is 8.71. The van der Waals surface area contributed by atoms with E-state index in [1.807, 2.05) is 41.2 Å². The lowest BCUT2D eigenvalue weighted by Gasteiger charge is -2.27. The van der Waals surface area contributed by atoms with Gasteiger partial charge in [-0.15, -0.1) is 0 Å². The van der Waals surface area contributed by atoms with E-state index in [1.165, 1.54) is 48.3 Å². The van der Waals surface area contributed by atoms with Crippen molar-refractivity contribution >= 4 is 5.52 Å². The molecule has 0 saturated heterocycles. The molecule has 1 aliphatic carbocycles. The number of imidazole rings is 1. The van der Waals surface area contributed by atoms with Crippen LogP contribution in [-0.4, -0.2) is 19.6 Å². The van der Waals surface area contributed by atoms with Crippen LogP contribution >= 0.6 is 0 Å². The van der Waals surface area contributed by atoms with E-state index in [4.69, 9.17) is 9.72 Å². The maximum Gasteiger partial charge on any atom is 0.123 e. The monoisotopic (exact) mass is 400 g/mol. The van der Waals surface area contributed by atoms with Gasteiger partial charge in [-0.25, -0.2) is 9.50 Å². The van der Waals surface area contributed by atoms with Crippen molar-refractivity contribution in [1.29, 1.82) is 0 Å². The molecular formula is C25H28N4O. The lowest BCUT2D eigenvalue weighted by molar-refractivity contribution is 0.306. The largest absolute Gasteiger partial charge is 0.489 e. The van der Waals surface area contributed by atoms with Crippen LogP contribution in [0.4, 0.5) is 0 Å². The Balaban J connectivity index is 1.30. The molecule has 0 atom stereocenters. The fraction of sp³-hybridized carbons (Fsp3) is 0.360. The van der Waals surface area contributed by atoms with Crippen LogP contribution in [0.3, 0.4) is 0 Å². The molecule has 5 rings (SSSR count). The first-order valence-electron chi connectivity index (χ1n) is 10.8. The molecule has 0 spiro atoms. The quantitative estimate of drug-likeness (QED) is 0.468. The summed E-state index contributed by atoms with van der Waals surface area (Å²) in [7, 11) is 0. The minimum absolute atomic E-state index is 0.542. The van der Waals surface area contributed by atoms with Gasteiger partial charge in [0.2, 0.25) is 0 Å². The number of nitrogens with zero attached hydrogens (tertiary/aromatic N) is 3. The highest BCUT2D eigenvalue weighted by Crippen LogP contribution is 2.41. The first-order valence-corrected chi connectivity index (χ1v) is 10.8. The summed E-state index contributed by atoms with van der Waals surface area (Å²) in [5.41, 5.74) is 5.99. The summed E-state index contributed by atoms with van der Waals surface area (Å²) in [4.78, 5) is 8.22. The van der Waals surface area contributed by atoms with Crippen molar-refractivity contribution in [3.8, 4) is 5.75 Å². The molecule has 1 aliphatic rings. The molecule has 0 unspecified atom stereocenters. The average Bonchev–Trinajstić information content (AvgIpc) is 3.36. The van der Waals surface area contributed by atoms with Gasteiger partial charge in [0.05, 0.1) is 17.4 Å². The predicted octanol–water partition coefficient (Wildman–Crippen LogP) is 5.69. The van der Waals surface area contributed by atoms with E-state index in [9.17, 15) is 0 Å². The first kappa shape index (κ1) is 18.9. The average molecular weight is 401 g/mol. The van der Waals surface area contributed by atoms with Crippen LogP contribution in [-0.2, 0) is 6.61 Å². The molecule has 0 amide bonds. The molecule has 1 saturated carbocycles. The van der Waals surface area contributed by atoms with E-state index < -0.39 is 0 Å². The van der Waals surface area contributed by atoms with Gasteiger partial charge in [-0.3, -0.25) is 0 Å². The Morgan fingerprint density at radius 1 is 1.03 bits per heavy atom. The van der Waals surface area contributed by atoms with Crippen LogP contribution in [0, 0.1) is 13.8 Å². The van der Waals surface area contributed by atoms with E-state index in [2.05, 4.69) is 42.1 Å². The van der Waals surface area contributed by atoms with Gasteiger partial charge in [-0.2, -0.15) is 5.10 Å². The zero-order valence-electron chi connectivity index (χ0n) is 17.6. The topological polar surface area (TPSA) is 55.2 Å². The highest BCUT2D eigenvalue weighted by Gasteiger charge is 2.27. The molecule has 5 nitrogen and oxygen atoms in total. The molecule has 0 radical (unpaired) electrons. The molecule has 0 aliphatic heterocycles. The molecule has 3 heterocycles. The van der Waals surface area contributed by atoms with Crippen molar-refractivity contribution in [3.63, 3.8) is 0 Å². The maximum atomic E-state index is 6.05. The van der Waals surface area contributed by atoms with Crippen molar-refractivity contribution < 1.29 is 4.74 Å². The Hall–Kier alpha value is -3.08. The Bertz CT molecular complexity index is 1120. The van der Waals surface area contributed by atoms with Crippen molar-refractivity contribution in [1.82, 2.24) is 19.6 Å². The van der Waals surface area contributed by atoms with Crippen LogP contribution < -0.4 is 4.74 Å². The minimum atomic E-state index is 0.542. The zero-order chi connectivity index (χ0) is 20.5. The van der Waals surface area contributed by atoms with Crippen LogP contribution in [0.2, 0.25) is 0 Å². The van der Waals surface area contributed by atoms with Crippen molar-refractivity contribution in [3.05, 3.63) is 83.2 Å². The van der Waals surface area contributed by atoms with Gasteiger partial charge in [-0.1, -0.05) is 30.3 Å². The third-order valence-electron chi connectivity index (χ3n) is 6.47. The predicted molar refractivity (Wildman–Crippen MR) is 118 cm³/mol. The van der Waals surface area contributed by atoms with Gasteiger partial charge in [0, 0.05) is 29.4 Å². The molecule has 1 aromatic carbocycles. The second-order valence-corrected chi connectivity index (χ2v) is 8.45. The van der Waals surface area contributed by atoms with E-state index in [1.54, 1.807) is 0 Å². The number of benzene rings is 1. The highest BCUT2D eigenvalue weighted by molar-refractivity contribution is 5.58. The minimum Gasteiger partial charge on any atom is -0.489 e. The molecule has 0 bridgehead atoms. The number of aryl methyl sites for hydroxylation is 2. The van der Waals surface area contributed by atoms with Crippen molar-refractivity contribution in [2.24, 2.45) is 0 Å². The number of fused-ring (bicyclic) bond motifs is 1. The second kappa shape index (κ2) is 7.98. The second-order valence-electron chi connectivity index (χ2n) is 8.45. The first-order chi connectivity index (χ1) is 14.7. The number of H-pyrrole nitrogens is 1. The van der Waals surface area contributed by atoms with E-state index in [0.717, 1.165) is 17.0 Å². The SMILES string of the molecule is Cc1nc(C2CCC(c3cnn4ccc(OCc5ccccc5)cc34)CC2)[nH]c1C. The number of hydrogen-bond donors (Lipinski definition) is 1. The molecule has 4 aromatic rings. The Morgan fingerprint density at radius 3 is 2.53 bits per heavy atom. The third-order valence-corrected chi connectivity index (χ3v) is 6.47. The van der Waals surface area contributed by atoms with E-state index in [0.29, 0.717) is 18.4 Å². The number of nitrogens with one attached hydrogen (secondary N) is 1. The number of hydrogen-bond acceptors (Lipinski definition) is 3. The summed E-state index contributed by atoms with van der Waals surface area (Å²) in [6.45, 7) is 4.76. The van der Waals surface area contributed by atoms with Gasteiger partial charge in [-0.05, 0) is 57.1 Å². The molecule has 1 N–H and O–H groups in total. The fourth-order valence-electron chi connectivity index (χ4n) is 4.57. The number of pyridine rings is 1. The number of aromatic nitrogens is 4. The fourth-order valence-corrected chi connectivity index (χ4v) is 4.57. The Labute approximate surface area is 177 Å². The normalized spacial score (nSPS) is 19.3. The maximum absolute atomic E-state index is 6.05. The summed E-state index contributed by atoms with van der Waals surface area (Å²) in [6, 6.07) is 14.4. The smallest absolute Gasteiger partial charge is 0.123 e. The Kier molecular flexibility index (Phi) is 5.03. The summed E-state index contributed by atoms with van der Waals surface area (Å²) < 4.78 is 8.02. The number of aromatic amines is 1.